The maximum Gasteiger partial charge on any atom is 0.0238 e. The van der Waals surface area contributed by atoms with Crippen LogP contribution in [0.2, 0.25) is 0 Å². The Labute approximate surface area is 100 Å². The number of hydrogen-bond acceptors (Lipinski definition) is 2. The predicted molar refractivity (Wildman–Crippen MR) is 69.2 cm³/mol. The summed E-state index contributed by atoms with van der Waals surface area (Å²) in [6.45, 7) is 8.79. The van der Waals surface area contributed by atoms with E-state index in [2.05, 4.69) is 26.1 Å². The fourth-order valence-corrected chi connectivity index (χ4v) is 2.79. The minimum Gasteiger partial charge on any atom is -0.329 e. The van der Waals surface area contributed by atoms with Gasteiger partial charge in [-0.25, -0.2) is 0 Å². The lowest BCUT2D eigenvalue weighted by atomic mass is 9.86. The maximum atomic E-state index is 5.87. The largest absolute Gasteiger partial charge is 0.329 e. The van der Waals surface area contributed by atoms with Crippen LogP contribution in [0, 0.1) is 23.2 Å². The summed E-state index contributed by atoms with van der Waals surface area (Å²) in [7, 11) is 0. The molecule has 0 heterocycles. The number of rotatable bonds is 6. The Balaban J connectivity index is 1.79. The third-order valence-electron chi connectivity index (χ3n) is 4.34. The molecule has 0 spiro atoms. The lowest BCUT2D eigenvalue weighted by Gasteiger charge is -2.32. The highest BCUT2D eigenvalue weighted by molar-refractivity contribution is 4.93. The molecule has 94 valence electrons. The third kappa shape index (κ3) is 3.21. The molecule has 2 saturated carbocycles. The van der Waals surface area contributed by atoms with Gasteiger partial charge in [0, 0.05) is 12.6 Å². The first-order chi connectivity index (χ1) is 7.52. The van der Waals surface area contributed by atoms with E-state index in [1.165, 1.54) is 32.2 Å². The quantitative estimate of drug-likeness (QED) is 0.727. The Morgan fingerprint density at radius 2 is 1.62 bits per heavy atom. The van der Waals surface area contributed by atoms with E-state index in [9.17, 15) is 0 Å². The standard InChI is InChI=1S/C14H28N2/c1-14(2,3)13(8-15)16-9-12(10-4-5-10)11-6-7-11/h10-13,16H,4-9,15H2,1-3H3. The summed E-state index contributed by atoms with van der Waals surface area (Å²) in [6.07, 6.45) is 5.91. The molecule has 0 radical (unpaired) electrons. The molecular formula is C14H28N2. The summed E-state index contributed by atoms with van der Waals surface area (Å²) in [5, 5.41) is 3.73. The van der Waals surface area contributed by atoms with E-state index in [1.807, 2.05) is 0 Å². The zero-order valence-corrected chi connectivity index (χ0v) is 11.1. The monoisotopic (exact) mass is 224 g/mol. The molecular weight excluding hydrogens is 196 g/mol. The topological polar surface area (TPSA) is 38.0 Å². The molecule has 2 heteroatoms. The van der Waals surface area contributed by atoms with Gasteiger partial charge in [0.15, 0.2) is 0 Å². The molecule has 0 aromatic heterocycles. The second-order valence-electron chi connectivity index (χ2n) is 6.90. The van der Waals surface area contributed by atoms with Crippen LogP contribution < -0.4 is 11.1 Å². The van der Waals surface area contributed by atoms with Crippen LogP contribution in [-0.4, -0.2) is 19.1 Å². The van der Waals surface area contributed by atoms with Gasteiger partial charge in [-0.3, -0.25) is 0 Å². The maximum absolute atomic E-state index is 5.87. The van der Waals surface area contributed by atoms with Gasteiger partial charge in [0.05, 0.1) is 0 Å². The molecule has 2 aliphatic carbocycles. The van der Waals surface area contributed by atoms with Crippen molar-refractivity contribution < 1.29 is 0 Å². The molecule has 0 aromatic rings. The molecule has 1 unspecified atom stereocenters. The first-order valence-electron chi connectivity index (χ1n) is 6.96. The SMILES string of the molecule is CC(C)(C)C(CN)NCC(C1CC1)C1CC1. The lowest BCUT2D eigenvalue weighted by Crippen LogP contribution is -2.47. The molecule has 2 nitrogen and oxygen atoms in total. The van der Waals surface area contributed by atoms with Gasteiger partial charge in [-0.1, -0.05) is 20.8 Å². The minimum absolute atomic E-state index is 0.284. The van der Waals surface area contributed by atoms with Gasteiger partial charge in [0.2, 0.25) is 0 Å². The van der Waals surface area contributed by atoms with E-state index >= 15 is 0 Å². The Kier molecular flexibility index (Phi) is 3.60. The molecule has 3 N–H and O–H groups in total. The van der Waals surface area contributed by atoms with Gasteiger partial charge < -0.3 is 11.1 Å². The molecule has 0 bridgehead atoms. The summed E-state index contributed by atoms with van der Waals surface area (Å²) in [6, 6.07) is 0.465. The second kappa shape index (κ2) is 4.66. The van der Waals surface area contributed by atoms with E-state index in [1.54, 1.807) is 0 Å². The van der Waals surface area contributed by atoms with Crippen LogP contribution >= 0.6 is 0 Å². The Morgan fingerprint density at radius 1 is 1.12 bits per heavy atom. The summed E-state index contributed by atoms with van der Waals surface area (Å²) >= 11 is 0. The number of nitrogens with two attached hydrogens (primary N) is 1. The van der Waals surface area contributed by atoms with Crippen LogP contribution in [0.15, 0.2) is 0 Å². The Hall–Kier alpha value is -0.0800. The predicted octanol–water partition coefficient (Wildman–Crippen LogP) is 2.39. The fourth-order valence-electron chi connectivity index (χ4n) is 2.79. The van der Waals surface area contributed by atoms with E-state index in [-0.39, 0.29) is 5.41 Å². The number of hydrogen-bond donors (Lipinski definition) is 2. The van der Waals surface area contributed by atoms with Gasteiger partial charge in [0.25, 0.3) is 0 Å². The normalized spacial score (nSPS) is 23.8. The van der Waals surface area contributed by atoms with Crippen molar-refractivity contribution in [2.75, 3.05) is 13.1 Å². The van der Waals surface area contributed by atoms with Crippen molar-refractivity contribution in [3.63, 3.8) is 0 Å². The molecule has 1 atom stereocenters. The van der Waals surface area contributed by atoms with Crippen molar-refractivity contribution in [1.29, 1.82) is 0 Å². The molecule has 2 aliphatic rings. The highest BCUT2D eigenvalue weighted by Crippen LogP contribution is 2.48. The van der Waals surface area contributed by atoms with Crippen LogP contribution in [0.3, 0.4) is 0 Å². The van der Waals surface area contributed by atoms with Gasteiger partial charge in [0.1, 0.15) is 0 Å². The average Bonchev–Trinajstić information content (AvgIpc) is 2.99. The van der Waals surface area contributed by atoms with E-state index in [0.29, 0.717) is 6.04 Å². The van der Waals surface area contributed by atoms with Crippen LogP contribution in [0.25, 0.3) is 0 Å². The van der Waals surface area contributed by atoms with E-state index in [4.69, 9.17) is 5.73 Å². The molecule has 2 rings (SSSR count). The zero-order chi connectivity index (χ0) is 11.8. The van der Waals surface area contributed by atoms with Crippen molar-refractivity contribution in [2.45, 2.75) is 52.5 Å². The van der Waals surface area contributed by atoms with Crippen molar-refractivity contribution in [3.05, 3.63) is 0 Å². The molecule has 0 saturated heterocycles. The fraction of sp³-hybridized carbons (Fsp3) is 1.00. The van der Waals surface area contributed by atoms with E-state index < -0.39 is 0 Å². The van der Waals surface area contributed by atoms with Gasteiger partial charge >= 0.3 is 0 Å². The highest BCUT2D eigenvalue weighted by atomic mass is 15.0. The van der Waals surface area contributed by atoms with Crippen LogP contribution in [0.5, 0.6) is 0 Å². The molecule has 16 heavy (non-hydrogen) atoms. The summed E-state index contributed by atoms with van der Waals surface area (Å²) in [4.78, 5) is 0. The molecule has 0 amide bonds. The highest BCUT2D eigenvalue weighted by Gasteiger charge is 2.41. The van der Waals surface area contributed by atoms with Crippen molar-refractivity contribution in [1.82, 2.24) is 5.32 Å². The molecule has 0 aromatic carbocycles. The molecule has 2 fully saturated rings. The van der Waals surface area contributed by atoms with Crippen molar-refractivity contribution in [3.8, 4) is 0 Å². The van der Waals surface area contributed by atoms with Gasteiger partial charge in [-0.15, -0.1) is 0 Å². The Bertz CT molecular complexity index is 209. The summed E-state index contributed by atoms with van der Waals surface area (Å²) in [5.74, 6) is 3.04. The Morgan fingerprint density at radius 3 is 1.94 bits per heavy atom. The van der Waals surface area contributed by atoms with Gasteiger partial charge in [-0.2, -0.15) is 0 Å². The first-order valence-corrected chi connectivity index (χ1v) is 6.96. The third-order valence-corrected chi connectivity index (χ3v) is 4.34. The smallest absolute Gasteiger partial charge is 0.0238 e. The van der Waals surface area contributed by atoms with Crippen molar-refractivity contribution in [2.24, 2.45) is 28.9 Å². The summed E-state index contributed by atoms with van der Waals surface area (Å²) in [5.41, 5.74) is 6.15. The van der Waals surface area contributed by atoms with Crippen molar-refractivity contribution >= 4 is 0 Å². The van der Waals surface area contributed by atoms with Gasteiger partial charge in [-0.05, 0) is 55.4 Å². The van der Waals surface area contributed by atoms with E-state index in [0.717, 1.165) is 24.3 Å². The van der Waals surface area contributed by atoms with Crippen LogP contribution in [0.4, 0.5) is 0 Å². The van der Waals surface area contributed by atoms with Crippen LogP contribution in [-0.2, 0) is 0 Å². The zero-order valence-electron chi connectivity index (χ0n) is 11.1. The first kappa shape index (κ1) is 12.4. The number of nitrogens with one attached hydrogen (secondary N) is 1. The average molecular weight is 224 g/mol. The minimum atomic E-state index is 0.284. The second-order valence-corrected chi connectivity index (χ2v) is 6.90. The van der Waals surface area contributed by atoms with Crippen LogP contribution in [0.1, 0.15) is 46.5 Å². The molecule has 0 aliphatic heterocycles. The summed E-state index contributed by atoms with van der Waals surface area (Å²) < 4.78 is 0. The lowest BCUT2D eigenvalue weighted by molar-refractivity contribution is 0.248.